The first-order chi connectivity index (χ1) is 6.86. The maximum Gasteiger partial charge on any atom is 0.0627 e. The molecule has 1 unspecified atom stereocenters. The van der Waals surface area contributed by atoms with Crippen molar-refractivity contribution in [2.75, 3.05) is 19.6 Å². The fourth-order valence-corrected chi connectivity index (χ4v) is 1.42. The molecule has 0 aliphatic carbocycles. The van der Waals surface area contributed by atoms with E-state index >= 15 is 0 Å². The van der Waals surface area contributed by atoms with Gasteiger partial charge in [-0.2, -0.15) is 0 Å². The van der Waals surface area contributed by atoms with Crippen LogP contribution < -0.4 is 5.32 Å². The number of nitrogens with one attached hydrogen (secondary N) is 1. The molecule has 0 aliphatic rings. The Labute approximate surface area is 90.2 Å². The van der Waals surface area contributed by atoms with Crippen molar-refractivity contribution in [1.29, 1.82) is 0 Å². The van der Waals surface area contributed by atoms with E-state index < -0.39 is 0 Å². The standard InChI is InChI=1S/C11H16ClNO/c1-14-9-11(7-12)13-8-10-5-3-2-4-6-10/h2-6,11,13H,7-9H2,1H3. The van der Waals surface area contributed by atoms with E-state index in [4.69, 9.17) is 16.3 Å². The van der Waals surface area contributed by atoms with Crippen LogP contribution in [0.15, 0.2) is 30.3 Å². The Morgan fingerprint density at radius 2 is 2.07 bits per heavy atom. The second-order valence-corrected chi connectivity index (χ2v) is 3.48. The molecule has 0 saturated heterocycles. The van der Waals surface area contributed by atoms with Gasteiger partial charge in [0.1, 0.15) is 0 Å². The van der Waals surface area contributed by atoms with Crippen molar-refractivity contribution in [1.82, 2.24) is 5.32 Å². The van der Waals surface area contributed by atoms with Crippen LogP contribution in [0.5, 0.6) is 0 Å². The molecule has 0 spiro atoms. The van der Waals surface area contributed by atoms with Gasteiger partial charge in [-0.25, -0.2) is 0 Å². The maximum atomic E-state index is 5.77. The first kappa shape index (κ1) is 11.5. The molecule has 78 valence electrons. The maximum absolute atomic E-state index is 5.77. The molecule has 0 saturated carbocycles. The van der Waals surface area contributed by atoms with Crippen molar-refractivity contribution in [3.8, 4) is 0 Å². The second-order valence-electron chi connectivity index (χ2n) is 3.17. The highest BCUT2D eigenvalue weighted by atomic mass is 35.5. The normalized spacial score (nSPS) is 12.7. The summed E-state index contributed by atoms with van der Waals surface area (Å²) in [7, 11) is 1.68. The highest BCUT2D eigenvalue weighted by Gasteiger charge is 2.04. The molecule has 0 aliphatic heterocycles. The van der Waals surface area contributed by atoms with Crippen LogP contribution in [0, 0.1) is 0 Å². The van der Waals surface area contributed by atoms with Crippen LogP contribution >= 0.6 is 11.6 Å². The smallest absolute Gasteiger partial charge is 0.0627 e. The number of methoxy groups -OCH3 is 1. The molecule has 1 aromatic rings. The van der Waals surface area contributed by atoms with Gasteiger partial charge in [0.25, 0.3) is 0 Å². The van der Waals surface area contributed by atoms with Crippen molar-refractivity contribution < 1.29 is 4.74 Å². The molecule has 0 fully saturated rings. The largest absolute Gasteiger partial charge is 0.383 e. The third-order valence-electron chi connectivity index (χ3n) is 1.99. The predicted molar refractivity (Wildman–Crippen MR) is 59.7 cm³/mol. The van der Waals surface area contributed by atoms with E-state index in [9.17, 15) is 0 Å². The topological polar surface area (TPSA) is 21.3 Å². The molecule has 2 nitrogen and oxygen atoms in total. The predicted octanol–water partition coefficient (Wildman–Crippen LogP) is 2.03. The summed E-state index contributed by atoms with van der Waals surface area (Å²) >= 11 is 5.77. The summed E-state index contributed by atoms with van der Waals surface area (Å²) in [4.78, 5) is 0. The molecule has 1 N–H and O–H groups in total. The Morgan fingerprint density at radius 1 is 1.36 bits per heavy atom. The summed E-state index contributed by atoms with van der Waals surface area (Å²) in [5.74, 6) is 0.570. The molecule has 0 heterocycles. The third kappa shape index (κ3) is 4.09. The van der Waals surface area contributed by atoms with Crippen molar-refractivity contribution in [2.24, 2.45) is 0 Å². The lowest BCUT2D eigenvalue weighted by Gasteiger charge is -2.14. The molecule has 0 radical (unpaired) electrons. The lowest BCUT2D eigenvalue weighted by Crippen LogP contribution is -2.34. The molecule has 0 amide bonds. The van der Waals surface area contributed by atoms with E-state index in [2.05, 4.69) is 17.4 Å². The van der Waals surface area contributed by atoms with Gasteiger partial charge >= 0.3 is 0 Å². The molecule has 0 aromatic heterocycles. The monoisotopic (exact) mass is 213 g/mol. The third-order valence-corrected chi connectivity index (χ3v) is 2.36. The number of benzene rings is 1. The van der Waals surface area contributed by atoms with Crippen LogP contribution in [0.2, 0.25) is 0 Å². The van der Waals surface area contributed by atoms with Crippen LogP contribution in [0.25, 0.3) is 0 Å². The minimum Gasteiger partial charge on any atom is -0.383 e. The molecule has 3 heteroatoms. The van der Waals surface area contributed by atoms with Gasteiger partial charge in [0.2, 0.25) is 0 Å². The van der Waals surface area contributed by atoms with Gasteiger partial charge in [-0.3, -0.25) is 0 Å². The molecule has 14 heavy (non-hydrogen) atoms. The first-order valence-electron chi connectivity index (χ1n) is 4.69. The number of alkyl halides is 1. The zero-order chi connectivity index (χ0) is 10.2. The van der Waals surface area contributed by atoms with Gasteiger partial charge in [-0.1, -0.05) is 30.3 Å². The first-order valence-corrected chi connectivity index (χ1v) is 5.22. The van der Waals surface area contributed by atoms with E-state index in [0.29, 0.717) is 12.5 Å². The zero-order valence-corrected chi connectivity index (χ0v) is 9.13. The van der Waals surface area contributed by atoms with E-state index in [0.717, 1.165) is 6.54 Å². The minimum absolute atomic E-state index is 0.224. The van der Waals surface area contributed by atoms with Gasteiger partial charge in [0.15, 0.2) is 0 Å². The number of ether oxygens (including phenoxy) is 1. The Balaban J connectivity index is 2.32. The van der Waals surface area contributed by atoms with Gasteiger partial charge in [0.05, 0.1) is 6.61 Å². The van der Waals surface area contributed by atoms with Crippen LogP contribution in [0.1, 0.15) is 5.56 Å². The summed E-state index contributed by atoms with van der Waals surface area (Å²) in [6.07, 6.45) is 0. The van der Waals surface area contributed by atoms with Crippen LogP contribution in [-0.2, 0) is 11.3 Å². The van der Waals surface area contributed by atoms with E-state index in [1.54, 1.807) is 7.11 Å². The van der Waals surface area contributed by atoms with Crippen molar-refractivity contribution in [3.05, 3.63) is 35.9 Å². The second kappa shape index (κ2) is 6.82. The SMILES string of the molecule is COCC(CCl)NCc1ccccc1. The molecule has 1 aromatic carbocycles. The summed E-state index contributed by atoms with van der Waals surface area (Å²) in [5.41, 5.74) is 1.26. The number of hydrogen-bond donors (Lipinski definition) is 1. The lowest BCUT2D eigenvalue weighted by molar-refractivity contribution is 0.172. The lowest BCUT2D eigenvalue weighted by atomic mass is 10.2. The number of hydrogen-bond acceptors (Lipinski definition) is 2. The van der Waals surface area contributed by atoms with Gasteiger partial charge in [0, 0.05) is 25.6 Å². The summed E-state index contributed by atoms with van der Waals surface area (Å²) < 4.78 is 5.04. The van der Waals surface area contributed by atoms with Crippen LogP contribution in [0.3, 0.4) is 0 Å². The fourth-order valence-electron chi connectivity index (χ4n) is 1.22. The van der Waals surface area contributed by atoms with E-state index in [-0.39, 0.29) is 6.04 Å². The number of halogens is 1. The Hall–Kier alpha value is -0.570. The van der Waals surface area contributed by atoms with Gasteiger partial charge in [-0.05, 0) is 5.56 Å². The average molecular weight is 214 g/mol. The quantitative estimate of drug-likeness (QED) is 0.731. The Bertz CT molecular complexity index is 240. The van der Waals surface area contributed by atoms with Crippen LogP contribution in [-0.4, -0.2) is 25.6 Å². The molecule has 1 rings (SSSR count). The van der Waals surface area contributed by atoms with Gasteiger partial charge < -0.3 is 10.1 Å². The van der Waals surface area contributed by atoms with Crippen molar-refractivity contribution in [3.63, 3.8) is 0 Å². The highest BCUT2D eigenvalue weighted by molar-refractivity contribution is 6.18. The van der Waals surface area contributed by atoms with Crippen LogP contribution in [0.4, 0.5) is 0 Å². The average Bonchev–Trinajstić information content (AvgIpc) is 2.25. The van der Waals surface area contributed by atoms with E-state index in [1.165, 1.54) is 5.56 Å². The Morgan fingerprint density at radius 3 is 2.64 bits per heavy atom. The summed E-state index contributed by atoms with van der Waals surface area (Å²) in [6, 6.07) is 10.5. The minimum atomic E-state index is 0.224. The summed E-state index contributed by atoms with van der Waals surface area (Å²) in [5, 5.41) is 3.33. The van der Waals surface area contributed by atoms with E-state index in [1.807, 2.05) is 18.2 Å². The van der Waals surface area contributed by atoms with Gasteiger partial charge in [-0.15, -0.1) is 11.6 Å². The molecule has 0 bridgehead atoms. The molecule has 1 atom stereocenters. The highest BCUT2D eigenvalue weighted by Crippen LogP contribution is 1.99. The fraction of sp³-hybridized carbons (Fsp3) is 0.455. The summed E-state index contributed by atoms with van der Waals surface area (Å²) in [6.45, 7) is 1.48. The van der Waals surface area contributed by atoms with Crippen molar-refractivity contribution >= 4 is 11.6 Å². The van der Waals surface area contributed by atoms with Crippen molar-refractivity contribution in [2.45, 2.75) is 12.6 Å². The number of rotatable bonds is 6. The molecular formula is C11H16ClNO. The zero-order valence-electron chi connectivity index (χ0n) is 8.37. The Kier molecular flexibility index (Phi) is 5.60. The molecular weight excluding hydrogens is 198 g/mol.